The molecule has 3 nitrogen and oxygen atoms in total. The van der Waals surface area contributed by atoms with Gasteiger partial charge >= 0.3 is 0 Å². The van der Waals surface area contributed by atoms with Gasteiger partial charge in [0.05, 0.1) is 5.01 Å². The van der Waals surface area contributed by atoms with Gasteiger partial charge < -0.3 is 5.32 Å². The standard InChI is InChI=1S/C13H14N2OS/c1-8-4-9(2)6-11(5-8)15-13(16)12-7-17-10(3)14-12/h4-7H,1-3H3,(H,15,16). The summed E-state index contributed by atoms with van der Waals surface area (Å²) in [6.07, 6.45) is 0. The van der Waals surface area contributed by atoms with E-state index in [1.165, 1.54) is 11.3 Å². The molecule has 1 N–H and O–H groups in total. The Kier molecular flexibility index (Phi) is 3.24. The van der Waals surface area contributed by atoms with Gasteiger partial charge in [0.2, 0.25) is 0 Å². The first-order chi connectivity index (χ1) is 8.04. The van der Waals surface area contributed by atoms with Gasteiger partial charge in [-0.3, -0.25) is 4.79 Å². The second-order valence-corrected chi connectivity index (χ2v) is 5.14. The zero-order valence-electron chi connectivity index (χ0n) is 10.1. The number of nitrogens with zero attached hydrogens (tertiary/aromatic N) is 1. The molecule has 0 radical (unpaired) electrons. The van der Waals surface area contributed by atoms with Crippen LogP contribution in [0.15, 0.2) is 23.6 Å². The second-order valence-electron chi connectivity index (χ2n) is 4.08. The van der Waals surface area contributed by atoms with Crippen LogP contribution in [-0.4, -0.2) is 10.9 Å². The van der Waals surface area contributed by atoms with Crippen molar-refractivity contribution in [3.8, 4) is 0 Å². The fourth-order valence-electron chi connectivity index (χ4n) is 1.71. The van der Waals surface area contributed by atoms with Crippen LogP contribution in [0.3, 0.4) is 0 Å². The van der Waals surface area contributed by atoms with Crippen LogP contribution in [0.1, 0.15) is 26.6 Å². The van der Waals surface area contributed by atoms with Gasteiger partial charge in [0.15, 0.2) is 0 Å². The summed E-state index contributed by atoms with van der Waals surface area (Å²) >= 11 is 1.48. The van der Waals surface area contributed by atoms with Crippen LogP contribution in [0.5, 0.6) is 0 Å². The van der Waals surface area contributed by atoms with Crippen molar-refractivity contribution in [1.82, 2.24) is 4.98 Å². The lowest BCUT2D eigenvalue weighted by atomic mass is 10.1. The Balaban J connectivity index is 2.18. The maximum absolute atomic E-state index is 11.9. The SMILES string of the molecule is Cc1cc(C)cc(NC(=O)c2csc(C)n2)c1. The van der Waals surface area contributed by atoms with E-state index in [2.05, 4.69) is 16.4 Å². The summed E-state index contributed by atoms with van der Waals surface area (Å²) in [5.74, 6) is -0.153. The summed E-state index contributed by atoms with van der Waals surface area (Å²) in [7, 11) is 0. The van der Waals surface area contributed by atoms with Crippen molar-refractivity contribution in [1.29, 1.82) is 0 Å². The Morgan fingerprint density at radius 1 is 1.18 bits per heavy atom. The minimum absolute atomic E-state index is 0.153. The number of carbonyl (C=O) groups excluding carboxylic acids is 1. The highest BCUT2D eigenvalue weighted by Crippen LogP contribution is 2.15. The number of thiazole rings is 1. The molecule has 0 saturated heterocycles. The second kappa shape index (κ2) is 4.67. The van der Waals surface area contributed by atoms with Gasteiger partial charge in [-0.1, -0.05) is 6.07 Å². The van der Waals surface area contributed by atoms with Crippen LogP contribution < -0.4 is 5.32 Å². The minimum atomic E-state index is -0.153. The number of nitrogens with one attached hydrogen (secondary N) is 1. The first kappa shape index (κ1) is 11.8. The molecule has 0 saturated carbocycles. The van der Waals surface area contributed by atoms with Crippen molar-refractivity contribution in [3.05, 3.63) is 45.4 Å². The molecule has 1 aromatic carbocycles. The average Bonchev–Trinajstić information content (AvgIpc) is 2.63. The molecule has 2 rings (SSSR count). The lowest BCUT2D eigenvalue weighted by molar-refractivity contribution is 0.102. The number of aryl methyl sites for hydroxylation is 3. The summed E-state index contributed by atoms with van der Waals surface area (Å²) in [6.45, 7) is 5.91. The highest BCUT2D eigenvalue weighted by molar-refractivity contribution is 7.09. The Labute approximate surface area is 105 Å². The summed E-state index contributed by atoms with van der Waals surface area (Å²) in [5, 5.41) is 5.53. The molecule has 0 atom stereocenters. The Hall–Kier alpha value is -1.68. The van der Waals surface area contributed by atoms with Crippen molar-refractivity contribution in [2.45, 2.75) is 20.8 Å². The van der Waals surface area contributed by atoms with Crippen LogP contribution >= 0.6 is 11.3 Å². The van der Waals surface area contributed by atoms with Crippen LogP contribution in [0.4, 0.5) is 5.69 Å². The van der Waals surface area contributed by atoms with E-state index in [1.54, 1.807) is 5.38 Å². The molecule has 0 aliphatic carbocycles. The lowest BCUT2D eigenvalue weighted by Crippen LogP contribution is -2.12. The van der Waals surface area contributed by atoms with Crippen molar-refractivity contribution in [3.63, 3.8) is 0 Å². The molecule has 0 aliphatic rings. The van der Waals surface area contributed by atoms with E-state index in [-0.39, 0.29) is 5.91 Å². The predicted octanol–water partition coefficient (Wildman–Crippen LogP) is 3.32. The van der Waals surface area contributed by atoms with Crippen LogP contribution in [0.2, 0.25) is 0 Å². The van der Waals surface area contributed by atoms with Crippen LogP contribution in [-0.2, 0) is 0 Å². The average molecular weight is 246 g/mol. The fraction of sp³-hybridized carbons (Fsp3) is 0.231. The molecule has 1 heterocycles. The van der Waals surface area contributed by atoms with E-state index in [4.69, 9.17) is 0 Å². The number of amides is 1. The predicted molar refractivity (Wildman–Crippen MR) is 70.7 cm³/mol. The number of rotatable bonds is 2. The molecule has 0 bridgehead atoms. The molecule has 0 unspecified atom stereocenters. The molecule has 17 heavy (non-hydrogen) atoms. The van der Waals surface area contributed by atoms with Gasteiger partial charge in [0.1, 0.15) is 5.69 Å². The Morgan fingerprint density at radius 3 is 2.35 bits per heavy atom. The quantitative estimate of drug-likeness (QED) is 0.883. The number of hydrogen-bond acceptors (Lipinski definition) is 3. The van der Waals surface area contributed by atoms with Gasteiger partial charge in [-0.25, -0.2) is 4.98 Å². The van der Waals surface area contributed by atoms with E-state index in [1.807, 2.05) is 32.9 Å². The highest BCUT2D eigenvalue weighted by Gasteiger charge is 2.09. The summed E-state index contributed by atoms with van der Waals surface area (Å²) in [6, 6.07) is 5.97. The molecule has 0 spiro atoms. The summed E-state index contributed by atoms with van der Waals surface area (Å²) < 4.78 is 0. The lowest BCUT2D eigenvalue weighted by Gasteiger charge is -2.05. The number of aromatic nitrogens is 1. The van der Waals surface area contributed by atoms with Crippen molar-refractivity contribution >= 4 is 22.9 Å². The van der Waals surface area contributed by atoms with Gasteiger partial charge in [-0.05, 0) is 44.0 Å². The minimum Gasteiger partial charge on any atom is -0.321 e. The maximum Gasteiger partial charge on any atom is 0.275 e. The van der Waals surface area contributed by atoms with E-state index >= 15 is 0 Å². The van der Waals surface area contributed by atoms with Crippen LogP contribution in [0, 0.1) is 20.8 Å². The summed E-state index contributed by atoms with van der Waals surface area (Å²) in [5.41, 5.74) is 3.56. The highest BCUT2D eigenvalue weighted by atomic mass is 32.1. The van der Waals surface area contributed by atoms with E-state index in [0.717, 1.165) is 21.8 Å². The molecular weight excluding hydrogens is 232 g/mol. The van der Waals surface area contributed by atoms with Gasteiger partial charge in [0, 0.05) is 11.1 Å². The molecule has 1 aromatic heterocycles. The van der Waals surface area contributed by atoms with Crippen molar-refractivity contribution in [2.75, 3.05) is 5.32 Å². The number of hydrogen-bond donors (Lipinski definition) is 1. The topological polar surface area (TPSA) is 42.0 Å². The van der Waals surface area contributed by atoms with E-state index in [9.17, 15) is 4.79 Å². The van der Waals surface area contributed by atoms with Gasteiger partial charge in [0.25, 0.3) is 5.91 Å². The smallest absolute Gasteiger partial charge is 0.275 e. The molecule has 2 aromatic rings. The monoisotopic (exact) mass is 246 g/mol. The third kappa shape index (κ3) is 2.91. The zero-order valence-corrected chi connectivity index (χ0v) is 10.9. The molecule has 0 fully saturated rings. The molecular formula is C13H14N2OS. The normalized spacial score (nSPS) is 10.3. The maximum atomic E-state index is 11.9. The zero-order chi connectivity index (χ0) is 12.4. The van der Waals surface area contributed by atoms with E-state index in [0.29, 0.717) is 5.69 Å². The third-order valence-corrected chi connectivity index (χ3v) is 3.10. The first-order valence-corrected chi connectivity index (χ1v) is 6.24. The number of benzene rings is 1. The third-order valence-electron chi connectivity index (χ3n) is 2.33. The first-order valence-electron chi connectivity index (χ1n) is 5.36. The van der Waals surface area contributed by atoms with Gasteiger partial charge in [-0.2, -0.15) is 0 Å². The number of carbonyl (C=O) groups is 1. The molecule has 4 heteroatoms. The largest absolute Gasteiger partial charge is 0.321 e. The molecule has 0 aliphatic heterocycles. The van der Waals surface area contributed by atoms with E-state index < -0.39 is 0 Å². The Bertz CT molecular complexity index is 540. The number of anilines is 1. The Morgan fingerprint density at radius 2 is 1.82 bits per heavy atom. The van der Waals surface area contributed by atoms with Gasteiger partial charge in [-0.15, -0.1) is 11.3 Å². The summed E-state index contributed by atoms with van der Waals surface area (Å²) in [4.78, 5) is 16.0. The fourth-order valence-corrected chi connectivity index (χ4v) is 2.30. The molecule has 1 amide bonds. The molecule has 88 valence electrons. The van der Waals surface area contributed by atoms with Crippen LogP contribution in [0.25, 0.3) is 0 Å². The van der Waals surface area contributed by atoms with Crippen molar-refractivity contribution < 1.29 is 4.79 Å². The van der Waals surface area contributed by atoms with Crippen molar-refractivity contribution in [2.24, 2.45) is 0 Å².